The second-order valence-electron chi connectivity index (χ2n) is 5.25. The van der Waals surface area contributed by atoms with Crippen LogP contribution in [-0.2, 0) is 6.54 Å². The summed E-state index contributed by atoms with van der Waals surface area (Å²) in [6, 6.07) is 4.79. The molecule has 1 atom stereocenters. The van der Waals surface area contributed by atoms with Crippen LogP contribution in [0.5, 0.6) is 5.75 Å². The SMILES string of the molecule is Cc1cccc(OCC(O)Cn2c([N+](=O)[O-])cnc2C)c1C(=O)O. The fourth-order valence-electron chi connectivity index (χ4n) is 2.31. The van der Waals surface area contributed by atoms with Crippen molar-refractivity contribution in [1.82, 2.24) is 9.55 Å². The smallest absolute Gasteiger partial charge is 0.342 e. The Morgan fingerprint density at radius 2 is 2.17 bits per heavy atom. The highest BCUT2D eigenvalue weighted by Gasteiger charge is 2.22. The van der Waals surface area contributed by atoms with E-state index in [1.54, 1.807) is 26.0 Å². The van der Waals surface area contributed by atoms with E-state index < -0.39 is 17.0 Å². The number of aryl methyl sites for hydroxylation is 2. The lowest BCUT2D eigenvalue weighted by molar-refractivity contribution is -0.392. The lowest BCUT2D eigenvalue weighted by Gasteiger charge is -2.14. The summed E-state index contributed by atoms with van der Waals surface area (Å²) in [5, 5.41) is 30.2. The monoisotopic (exact) mass is 335 g/mol. The molecule has 1 heterocycles. The van der Waals surface area contributed by atoms with Gasteiger partial charge < -0.3 is 25.1 Å². The highest BCUT2D eigenvalue weighted by molar-refractivity contribution is 5.92. The molecule has 1 unspecified atom stereocenters. The van der Waals surface area contributed by atoms with Crippen LogP contribution in [0.15, 0.2) is 24.4 Å². The maximum atomic E-state index is 11.3. The molecule has 0 aliphatic rings. The lowest BCUT2D eigenvalue weighted by Crippen LogP contribution is -2.25. The number of aliphatic hydroxyl groups excluding tert-OH is 1. The Kier molecular flexibility index (Phi) is 5.14. The molecule has 0 amide bonds. The van der Waals surface area contributed by atoms with Crippen molar-refractivity contribution in [2.45, 2.75) is 26.5 Å². The van der Waals surface area contributed by atoms with Crippen molar-refractivity contribution in [1.29, 1.82) is 0 Å². The predicted molar refractivity (Wildman–Crippen MR) is 83.3 cm³/mol. The van der Waals surface area contributed by atoms with E-state index in [2.05, 4.69) is 4.98 Å². The summed E-state index contributed by atoms with van der Waals surface area (Å²) >= 11 is 0. The first-order valence-corrected chi connectivity index (χ1v) is 7.11. The Morgan fingerprint density at radius 3 is 2.79 bits per heavy atom. The van der Waals surface area contributed by atoms with Crippen LogP contribution in [-0.4, -0.2) is 43.4 Å². The van der Waals surface area contributed by atoms with Crippen molar-refractivity contribution in [3.8, 4) is 5.75 Å². The second-order valence-corrected chi connectivity index (χ2v) is 5.25. The third-order valence-corrected chi connectivity index (χ3v) is 3.49. The van der Waals surface area contributed by atoms with Crippen LogP contribution >= 0.6 is 0 Å². The van der Waals surface area contributed by atoms with Crippen molar-refractivity contribution in [2.75, 3.05) is 6.61 Å². The molecule has 9 heteroatoms. The molecule has 9 nitrogen and oxygen atoms in total. The van der Waals surface area contributed by atoms with E-state index in [0.717, 1.165) is 6.20 Å². The number of aliphatic hydroxyl groups is 1. The van der Waals surface area contributed by atoms with Gasteiger partial charge in [-0.1, -0.05) is 12.1 Å². The van der Waals surface area contributed by atoms with Gasteiger partial charge in [0.1, 0.15) is 36.8 Å². The molecule has 24 heavy (non-hydrogen) atoms. The molecule has 1 aromatic heterocycles. The minimum absolute atomic E-state index is 0.0227. The maximum Gasteiger partial charge on any atom is 0.342 e. The largest absolute Gasteiger partial charge is 0.490 e. The van der Waals surface area contributed by atoms with Crippen molar-refractivity contribution >= 4 is 11.8 Å². The van der Waals surface area contributed by atoms with Gasteiger partial charge in [0.25, 0.3) is 0 Å². The third kappa shape index (κ3) is 3.69. The minimum Gasteiger partial charge on any atom is -0.490 e. The summed E-state index contributed by atoms with van der Waals surface area (Å²) in [6.07, 6.45) is 0.0465. The number of hydrogen-bond donors (Lipinski definition) is 2. The van der Waals surface area contributed by atoms with Gasteiger partial charge in [-0.05, 0) is 23.5 Å². The number of ether oxygens (including phenoxy) is 1. The van der Waals surface area contributed by atoms with E-state index in [4.69, 9.17) is 4.74 Å². The summed E-state index contributed by atoms with van der Waals surface area (Å²) in [6.45, 7) is 2.93. The fourth-order valence-corrected chi connectivity index (χ4v) is 2.31. The number of imidazole rings is 1. The Balaban J connectivity index is 2.09. The van der Waals surface area contributed by atoms with E-state index in [1.165, 1.54) is 10.6 Å². The minimum atomic E-state index is -1.13. The molecule has 0 saturated heterocycles. The highest BCUT2D eigenvalue weighted by Crippen LogP contribution is 2.22. The van der Waals surface area contributed by atoms with E-state index in [0.29, 0.717) is 11.4 Å². The standard InChI is InChI=1S/C15H17N3O6/c1-9-4-3-5-12(14(9)15(20)21)24-8-11(19)7-17-10(2)16-6-13(17)18(22)23/h3-6,11,19H,7-8H2,1-2H3,(H,20,21). The molecule has 0 saturated carbocycles. The number of carbonyl (C=O) groups is 1. The first-order valence-electron chi connectivity index (χ1n) is 7.11. The van der Waals surface area contributed by atoms with Gasteiger partial charge in [-0.3, -0.25) is 0 Å². The summed E-state index contributed by atoms with van der Waals surface area (Å²) in [5.41, 5.74) is 0.560. The molecule has 2 aromatic rings. The average molecular weight is 335 g/mol. The maximum absolute atomic E-state index is 11.3. The van der Waals surface area contributed by atoms with Gasteiger partial charge in [0.2, 0.25) is 0 Å². The third-order valence-electron chi connectivity index (χ3n) is 3.49. The van der Waals surface area contributed by atoms with Gasteiger partial charge in [-0.25, -0.2) is 14.3 Å². The van der Waals surface area contributed by atoms with Crippen molar-refractivity contribution in [2.24, 2.45) is 0 Å². The molecule has 0 radical (unpaired) electrons. The number of hydrogen-bond acceptors (Lipinski definition) is 6. The summed E-state index contributed by atoms with van der Waals surface area (Å²) in [7, 11) is 0. The number of aromatic nitrogens is 2. The Morgan fingerprint density at radius 1 is 1.46 bits per heavy atom. The molecule has 1 aromatic carbocycles. The number of benzene rings is 1. The second kappa shape index (κ2) is 7.09. The molecule has 0 spiro atoms. The van der Waals surface area contributed by atoms with E-state index in [9.17, 15) is 25.1 Å². The van der Waals surface area contributed by atoms with Crippen LogP contribution in [0.3, 0.4) is 0 Å². The molecule has 0 fully saturated rings. The summed E-state index contributed by atoms with van der Waals surface area (Å²) in [4.78, 5) is 25.5. The van der Waals surface area contributed by atoms with Crippen molar-refractivity contribution in [3.63, 3.8) is 0 Å². The lowest BCUT2D eigenvalue weighted by atomic mass is 10.1. The first kappa shape index (κ1) is 17.4. The summed E-state index contributed by atoms with van der Waals surface area (Å²) in [5.74, 6) is -0.826. The van der Waals surface area contributed by atoms with Crippen LogP contribution in [0, 0.1) is 24.0 Å². The highest BCUT2D eigenvalue weighted by atomic mass is 16.6. The Bertz CT molecular complexity index is 771. The van der Waals surface area contributed by atoms with Gasteiger partial charge in [-0.15, -0.1) is 0 Å². The molecule has 0 aliphatic heterocycles. The Hall–Kier alpha value is -2.94. The van der Waals surface area contributed by atoms with E-state index in [-0.39, 0.29) is 30.3 Å². The zero-order valence-corrected chi connectivity index (χ0v) is 13.2. The number of nitro groups is 1. The summed E-state index contributed by atoms with van der Waals surface area (Å²) < 4.78 is 6.66. The molecular weight excluding hydrogens is 318 g/mol. The predicted octanol–water partition coefficient (Wildman–Crippen LogP) is 1.55. The average Bonchev–Trinajstić information content (AvgIpc) is 2.86. The van der Waals surface area contributed by atoms with Gasteiger partial charge in [0.05, 0.1) is 0 Å². The van der Waals surface area contributed by atoms with Crippen LogP contribution in [0.4, 0.5) is 5.82 Å². The topological polar surface area (TPSA) is 128 Å². The van der Waals surface area contributed by atoms with Gasteiger partial charge in [-0.2, -0.15) is 0 Å². The van der Waals surface area contributed by atoms with Crippen LogP contribution < -0.4 is 4.74 Å². The van der Waals surface area contributed by atoms with Crippen LogP contribution in [0.1, 0.15) is 21.7 Å². The van der Waals surface area contributed by atoms with Gasteiger partial charge in [0, 0.05) is 6.92 Å². The molecule has 0 aliphatic carbocycles. The molecular formula is C15H17N3O6. The molecule has 2 N–H and O–H groups in total. The number of carboxylic acid groups (broad SMARTS) is 1. The number of rotatable bonds is 7. The van der Waals surface area contributed by atoms with Gasteiger partial charge in [0.15, 0.2) is 5.82 Å². The Labute approximate surface area is 137 Å². The quantitative estimate of drug-likeness (QED) is 0.580. The number of nitrogens with zero attached hydrogens (tertiary/aromatic N) is 3. The van der Waals surface area contributed by atoms with Crippen LogP contribution in [0.25, 0.3) is 0 Å². The normalized spacial score (nSPS) is 12.0. The molecule has 2 rings (SSSR count). The first-order chi connectivity index (χ1) is 11.3. The van der Waals surface area contributed by atoms with Gasteiger partial charge >= 0.3 is 11.8 Å². The van der Waals surface area contributed by atoms with E-state index >= 15 is 0 Å². The molecule has 128 valence electrons. The number of carboxylic acids is 1. The fraction of sp³-hybridized carbons (Fsp3) is 0.333. The molecule has 0 bridgehead atoms. The van der Waals surface area contributed by atoms with E-state index in [1.807, 2.05) is 0 Å². The number of aromatic carboxylic acids is 1. The van der Waals surface area contributed by atoms with Crippen molar-refractivity contribution in [3.05, 3.63) is 51.5 Å². The zero-order chi connectivity index (χ0) is 17.9. The van der Waals surface area contributed by atoms with Crippen molar-refractivity contribution < 1.29 is 24.7 Å². The zero-order valence-electron chi connectivity index (χ0n) is 13.2. The van der Waals surface area contributed by atoms with Crippen LogP contribution in [0.2, 0.25) is 0 Å².